The third-order valence-corrected chi connectivity index (χ3v) is 5.71. The summed E-state index contributed by atoms with van der Waals surface area (Å²) >= 11 is 6.02. The maximum absolute atomic E-state index is 13.1. The quantitative estimate of drug-likeness (QED) is 0.493. The third-order valence-electron chi connectivity index (χ3n) is 5.46. The summed E-state index contributed by atoms with van der Waals surface area (Å²) in [6.45, 7) is 2.08. The van der Waals surface area contributed by atoms with Gasteiger partial charge >= 0.3 is 7.82 Å². The lowest BCUT2D eigenvalue weighted by molar-refractivity contribution is 0.275. The van der Waals surface area contributed by atoms with Gasteiger partial charge < -0.3 is 19.6 Å². The molecule has 32 heavy (non-hydrogen) atoms. The predicted molar refractivity (Wildman–Crippen MR) is 125 cm³/mol. The van der Waals surface area contributed by atoms with E-state index in [1.807, 2.05) is 48.5 Å². The molecule has 2 heterocycles. The zero-order chi connectivity index (χ0) is 23.3. The molecular formula is C22H27ClN3O5P. The van der Waals surface area contributed by atoms with Crippen LogP contribution in [0.15, 0.2) is 53.3 Å². The van der Waals surface area contributed by atoms with Crippen molar-refractivity contribution in [2.45, 2.75) is 31.7 Å². The molecule has 1 aliphatic rings. The molecular weight excluding hydrogens is 453 g/mol. The fourth-order valence-electron chi connectivity index (χ4n) is 3.91. The van der Waals surface area contributed by atoms with Gasteiger partial charge in [-0.15, -0.1) is 0 Å². The highest BCUT2D eigenvalue weighted by Gasteiger charge is 2.21. The topological polar surface area (TPSA) is 116 Å². The number of hydrogen-bond donors (Lipinski definition) is 3. The number of rotatable bonds is 3. The van der Waals surface area contributed by atoms with E-state index >= 15 is 0 Å². The molecule has 1 atom stereocenters. The molecule has 4 rings (SSSR count). The van der Waals surface area contributed by atoms with Crippen molar-refractivity contribution in [2.24, 2.45) is 0 Å². The van der Waals surface area contributed by atoms with Gasteiger partial charge in [0, 0.05) is 16.8 Å². The van der Waals surface area contributed by atoms with Crippen molar-refractivity contribution in [1.82, 2.24) is 14.7 Å². The summed E-state index contributed by atoms with van der Waals surface area (Å²) in [5.41, 5.74) is 2.12. The molecule has 8 nitrogen and oxygen atoms in total. The maximum Gasteiger partial charge on any atom is 0.466 e. The Morgan fingerprint density at radius 2 is 1.66 bits per heavy atom. The van der Waals surface area contributed by atoms with Gasteiger partial charge in [0.2, 0.25) is 0 Å². The van der Waals surface area contributed by atoms with E-state index < -0.39 is 7.82 Å². The van der Waals surface area contributed by atoms with Crippen LogP contribution in [0.5, 0.6) is 0 Å². The van der Waals surface area contributed by atoms with Gasteiger partial charge in [0.05, 0.1) is 17.1 Å². The molecule has 0 bridgehead atoms. The van der Waals surface area contributed by atoms with E-state index in [-0.39, 0.29) is 11.6 Å². The van der Waals surface area contributed by atoms with Crippen molar-refractivity contribution in [1.29, 1.82) is 0 Å². The van der Waals surface area contributed by atoms with E-state index in [9.17, 15) is 4.79 Å². The van der Waals surface area contributed by atoms with E-state index in [4.69, 9.17) is 35.9 Å². The first-order valence-corrected chi connectivity index (χ1v) is 12.3. The van der Waals surface area contributed by atoms with Crippen molar-refractivity contribution >= 4 is 30.2 Å². The summed E-state index contributed by atoms with van der Waals surface area (Å²) in [4.78, 5) is 37.0. The molecule has 3 aromatic rings. The van der Waals surface area contributed by atoms with Crippen LogP contribution in [-0.2, 0) is 11.0 Å². The fraction of sp³-hybridized carbons (Fsp3) is 0.364. The molecule has 10 heteroatoms. The Kier molecular flexibility index (Phi) is 8.22. The van der Waals surface area contributed by atoms with Crippen LogP contribution in [0.2, 0.25) is 5.02 Å². The van der Waals surface area contributed by atoms with E-state index in [0.717, 1.165) is 59.4 Å². The minimum atomic E-state index is -4.64. The Bertz CT molecular complexity index is 1150. The lowest BCUT2D eigenvalue weighted by Gasteiger charge is -2.19. The Morgan fingerprint density at radius 1 is 1.03 bits per heavy atom. The second kappa shape index (κ2) is 10.7. The van der Waals surface area contributed by atoms with Crippen molar-refractivity contribution in [3.05, 3.63) is 75.2 Å². The molecule has 0 aliphatic carbocycles. The van der Waals surface area contributed by atoms with E-state index in [0.29, 0.717) is 6.42 Å². The Hall–Kier alpha value is -2.06. The second-order valence-corrected chi connectivity index (χ2v) is 9.41. The van der Waals surface area contributed by atoms with Gasteiger partial charge in [-0.05, 0) is 63.2 Å². The average molecular weight is 480 g/mol. The van der Waals surface area contributed by atoms with Crippen LogP contribution in [0.25, 0.3) is 10.8 Å². The highest BCUT2D eigenvalue weighted by molar-refractivity contribution is 7.45. The van der Waals surface area contributed by atoms with Gasteiger partial charge in [-0.3, -0.25) is 4.79 Å². The minimum absolute atomic E-state index is 0.0278. The number of fused-ring (bicyclic) bond motifs is 1. The first kappa shape index (κ1) is 24.6. The molecule has 1 fully saturated rings. The molecule has 0 radical (unpaired) electrons. The van der Waals surface area contributed by atoms with Gasteiger partial charge in [-0.2, -0.15) is 5.10 Å². The summed E-state index contributed by atoms with van der Waals surface area (Å²) in [7, 11) is -2.50. The first-order chi connectivity index (χ1) is 15.1. The Morgan fingerprint density at radius 3 is 2.31 bits per heavy atom. The number of aromatic nitrogens is 2. The standard InChI is InChI=1S/C22H24ClN3O.H3O4P/c1-25-13-4-5-18(12-14-25)26-22(27)20-7-3-2-6-19(20)21(24-26)15-16-8-10-17(23)11-9-16;1-5(2,3)4/h2-3,6-11,18H,4-5,12-15H2,1H3;(H3,1,2,3,4). The molecule has 2 aromatic carbocycles. The molecule has 1 aliphatic heterocycles. The fourth-order valence-corrected chi connectivity index (χ4v) is 4.04. The van der Waals surface area contributed by atoms with Crippen LogP contribution >= 0.6 is 19.4 Å². The van der Waals surface area contributed by atoms with E-state index in [2.05, 4.69) is 11.9 Å². The third kappa shape index (κ3) is 6.97. The number of likely N-dealkylation sites (tertiary alicyclic amines) is 1. The van der Waals surface area contributed by atoms with E-state index in [1.165, 1.54) is 0 Å². The molecule has 0 spiro atoms. The zero-order valence-corrected chi connectivity index (χ0v) is 19.4. The van der Waals surface area contributed by atoms with Crippen LogP contribution < -0.4 is 5.56 Å². The van der Waals surface area contributed by atoms with Crippen molar-refractivity contribution < 1.29 is 19.2 Å². The van der Waals surface area contributed by atoms with Crippen LogP contribution in [0.1, 0.15) is 36.6 Å². The normalized spacial score (nSPS) is 17.5. The monoisotopic (exact) mass is 479 g/mol. The molecule has 0 saturated carbocycles. The van der Waals surface area contributed by atoms with Crippen molar-refractivity contribution in [2.75, 3.05) is 20.1 Å². The largest absolute Gasteiger partial charge is 0.466 e. The van der Waals surface area contributed by atoms with Gasteiger partial charge in [0.25, 0.3) is 5.56 Å². The highest BCUT2D eigenvalue weighted by Crippen LogP contribution is 2.26. The number of nitrogens with zero attached hydrogens (tertiary/aromatic N) is 3. The molecule has 1 saturated heterocycles. The molecule has 0 amide bonds. The molecule has 3 N–H and O–H groups in total. The average Bonchev–Trinajstić information content (AvgIpc) is 2.95. The Balaban J connectivity index is 0.000000523. The summed E-state index contributed by atoms with van der Waals surface area (Å²) in [5, 5.41) is 7.29. The van der Waals surface area contributed by atoms with Gasteiger partial charge in [-0.1, -0.05) is 41.9 Å². The summed E-state index contributed by atoms with van der Waals surface area (Å²) in [6.07, 6.45) is 3.73. The molecule has 1 unspecified atom stereocenters. The van der Waals surface area contributed by atoms with E-state index in [1.54, 1.807) is 4.68 Å². The number of hydrogen-bond acceptors (Lipinski definition) is 4. The number of phosphoric acid groups is 1. The van der Waals surface area contributed by atoms with Crippen LogP contribution in [-0.4, -0.2) is 49.5 Å². The predicted octanol–water partition coefficient (Wildman–Crippen LogP) is 3.37. The smallest absolute Gasteiger partial charge is 0.306 e. The molecule has 1 aromatic heterocycles. The SMILES string of the molecule is CN1CCCC(n2nc(Cc3ccc(Cl)cc3)c3ccccc3c2=O)CC1.O=P(O)(O)O. The number of benzene rings is 2. The lowest BCUT2D eigenvalue weighted by atomic mass is 10.0. The minimum Gasteiger partial charge on any atom is -0.306 e. The summed E-state index contributed by atoms with van der Waals surface area (Å²) in [6, 6.07) is 15.8. The summed E-state index contributed by atoms with van der Waals surface area (Å²) in [5.74, 6) is 0. The Labute approximate surface area is 191 Å². The maximum atomic E-state index is 13.1. The zero-order valence-electron chi connectivity index (χ0n) is 17.8. The highest BCUT2D eigenvalue weighted by atomic mass is 35.5. The van der Waals surface area contributed by atoms with Crippen LogP contribution in [0.3, 0.4) is 0 Å². The molecule has 172 valence electrons. The lowest BCUT2D eigenvalue weighted by Crippen LogP contribution is -2.29. The van der Waals surface area contributed by atoms with Gasteiger partial charge in [-0.25, -0.2) is 9.25 Å². The second-order valence-electron chi connectivity index (χ2n) is 7.95. The van der Waals surface area contributed by atoms with Crippen LogP contribution in [0, 0.1) is 0 Å². The van der Waals surface area contributed by atoms with Crippen LogP contribution in [0.4, 0.5) is 0 Å². The van der Waals surface area contributed by atoms with Crippen molar-refractivity contribution in [3.8, 4) is 0 Å². The van der Waals surface area contributed by atoms with Crippen molar-refractivity contribution in [3.63, 3.8) is 0 Å². The summed E-state index contributed by atoms with van der Waals surface area (Å²) < 4.78 is 10.6. The van der Waals surface area contributed by atoms with Gasteiger partial charge in [0.15, 0.2) is 0 Å². The number of halogens is 1. The first-order valence-electron chi connectivity index (χ1n) is 10.3. The van der Waals surface area contributed by atoms with Gasteiger partial charge in [0.1, 0.15) is 0 Å².